The average Bonchev–Trinajstić information content (AvgIpc) is 2.98. The minimum absolute atomic E-state index is 0.00701. The van der Waals surface area contributed by atoms with Gasteiger partial charge in [-0.15, -0.1) is 0 Å². The lowest BCUT2D eigenvalue weighted by Crippen LogP contribution is -2.31. The zero-order valence-corrected chi connectivity index (χ0v) is 11.9. The molecular formula is C13H15F2NO4S. The van der Waals surface area contributed by atoms with E-state index in [1.165, 1.54) is 12.1 Å². The molecule has 1 aliphatic rings. The van der Waals surface area contributed by atoms with E-state index in [0.717, 1.165) is 25.0 Å². The number of benzene rings is 1. The largest absolute Gasteiger partial charge is 0.376 e. The van der Waals surface area contributed by atoms with Crippen molar-refractivity contribution in [2.45, 2.75) is 29.6 Å². The van der Waals surface area contributed by atoms with Gasteiger partial charge in [-0.3, -0.25) is 4.79 Å². The number of halogens is 2. The van der Waals surface area contributed by atoms with Crippen LogP contribution in [0.5, 0.6) is 0 Å². The predicted octanol–water partition coefficient (Wildman–Crippen LogP) is 1.59. The van der Waals surface area contributed by atoms with Crippen LogP contribution >= 0.6 is 0 Å². The summed E-state index contributed by atoms with van der Waals surface area (Å²) < 4.78 is 52.6. The second-order valence-corrected chi connectivity index (χ2v) is 6.59. The van der Waals surface area contributed by atoms with E-state index in [9.17, 15) is 22.0 Å². The number of hydrogen-bond donors (Lipinski definition) is 1. The van der Waals surface area contributed by atoms with Crippen LogP contribution in [0.15, 0.2) is 29.2 Å². The summed E-state index contributed by atoms with van der Waals surface area (Å²) in [5.74, 6) is -3.87. The van der Waals surface area contributed by atoms with Gasteiger partial charge in [-0.05, 0) is 37.1 Å². The molecule has 1 aromatic carbocycles. The zero-order valence-electron chi connectivity index (χ0n) is 11.1. The highest BCUT2D eigenvalue weighted by Crippen LogP contribution is 2.18. The number of ether oxygens (including phenoxy) is 1. The fraction of sp³-hybridized carbons (Fsp3) is 0.462. The zero-order chi connectivity index (χ0) is 15.5. The van der Waals surface area contributed by atoms with Gasteiger partial charge in [-0.1, -0.05) is 0 Å². The minimum Gasteiger partial charge on any atom is -0.376 e. The van der Waals surface area contributed by atoms with Crippen LogP contribution in [0, 0.1) is 0 Å². The van der Waals surface area contributed by atoms with Crippen LogP contribution in [-0.2, 0) is 14.6 Å². The minimum atomic E-state index is -4.63. The number of alkyl halides is 2. The highest BCUT2D eigenvalue weighted by molar-refractivity contribution is 7.91. The standard InChI is InChI=1S/C13H15F2NO4S/c14-13(15)21(18,19)11-5-3-9(4-6-11)12(17)16-8-10-2-1-7-20-10/h3-6,10,13H,1-2,7-8H2,(H,16,17). The second-order valence-electron chi connectivity index (χ2n) is 4.68. The van der Waals surface area contributed by atoms with Gasteiger partial charge >= 0.3 is 5.76 Å². The van der Waals surface area contributed by atoms with E-state index < -0.39 is 26.4 Å². The third-order valence-electron chi connectivity index (χ3n) is 3.19. The SMILES string of the molecule is O=C(NCC1CCCO1)c1ccc(S(=O)(=O)C(F)F)cc1. The van der Waals surface area contributed by atoms with Crippen molar-refractivity contribution in [2.75, 3.05) is 13.2 Å². The Morgan fingerprint density at radius 2 is 2.00 bits per heavy atom. The summed E-state index contributed by atoms with van der Waals surface area (Å²) in [5.41, 5.74) is 0.209. The molecule has 0 bridgehead atoms. The number of hydrogen-bond acceptors (Lipinski definition) is 4. The molecule has 21 heavy (non-hydrogen) atoms. The van der Waals surface area contributed by atoms with Gasteiger partial charge in [0.15, 0.2) is 0 Å². The van der Waals surface area contributed by atoms with Crippen LogP contribution in [0.1, 0.15) is 23.2 Å². The van der Waals surface area contributed by atoms with Crippen LogP contribution in [0.4, 0.5) is 8.78 Å². The lowest BCUT2D eigenvalue weighted by atomic mass is 10.2. The number of amides is 1. The lowest BCUT2D eigenvalue weighted by Gasteiger charge is -2.11. The van der Waals surface area contributed by atoms with Crippen LogP contribution in [0.3, 0.4) is 0 Å². The maximum atomic E-state index is 12.4. The Morgan fingerprint density at radius 1 is 1.33 bits per heavy atom. The molecule has 1 fully saturated rings. The molecule has 1 unspecified atom stereocenters. The monoisotopic (exact) mass is 319 g/mol. The molecule has 1 amide bonds. The second kappa shape index (κ2) is 6.48. The smallest absolute Gasteiger partial charge is 0.341 e. The quantitative estimate of drug-likeness (QED) is 0.894. The van der Waals surface area contributed by atoms with Crippen molar-refractivity contribution >= 4 is 15.7 Å². The summed E-state index contributed by atoms with van der Waals surface area (Å²) in [6.45, 7) is 1.05. The van der Waals surface area contributed by atoms with Crippen LogP contribution < -0.4 is 5.32 Å². The Kier molecular flexibility index (Phi) is 4.89. The molecule has 0 saturated carbocycles. The van der Waals surface area contributed by atoms with Crippen molar-refractivity contribution < 1.29 is 26.7 Å². The van der Waals surface area contributed by atoms with Crippen LogP contribution in [0.25, 0.3) is 0 Å². The Balaban J connectivity index is 1.99. The summed E-state index contributed by atoms with van der Waals surface area (Å²) in [6, 6.07) is 4.42. The van der Waals surface area contributed by atoms with Gasteiger partial charge in [0.25, 0.3) is 5.91 Å². The highest BCUT2D eigenvalue weighted by atomic mass is 32.2. The van der Waals surface area contributed by atoms with Crippen molar-refractivity contribution in [1.82, 2.24) is 5.32 Å². The summed E-state index contributed by atoms with van der Waals surface area (Å²) >= 11 is 0. The van der Waals surface area contributed by atoms with Gasteiger partial charge in [0, 0.05) is 18.7 Å². The van der Waals surface area contributed by atoms with Gasteiger partial charge in [-0.2, -0.15) is 8.78 Å². The topological polar surface area (TPSA) is 72.5 Å². The molecule has 0 aliphatic carbocycles. The van der Waals surface area contributed by atoms with E-state index >= 15 is 0 Å². The maximum Gasteiger partial charge on any atom is 0.341 e. The van der Waals surface area contributed by atoms with Gasteiger partial charge in [0.2, 0.25) is 9.84 Å². The normalized spacial score (nSPS) is 18.9. The van der Waals surface area contributed by atoms with E-state index in [-0.39, 0.29) is 11.7 Å². The molecule has 1 N–H and O–H groups in total. The molecule has 2 rings (SSSR count). The Morgan fingerprint density at radius 3 is 2.52 bits per heavy atom. The summed E-state index contributed by atoms with van der Waals surface area (Å²) in [4.78, 5) is 11.3. The van der Waals surface area contributed by atoms with E-state index in [1.807, 2.05) is 0 Å². The third-order valence-corrected chi connectivity index (χ3v) is 4.59. The van der Waals surface area contributed by atoms with Crippen LogP contribution in [-0.4, -0.2) is 39.3 Å². The number of nitrogens with one attached hydrogen (secondary N) is 1. The molecule has 1 atom stereocenters. The summed E-state index contributed by atoms with van der Waals surface area (Å²) in [5, 5.41) is 2.66. The van der Waals surface area contributed by atoms with Gasteiger partial charge in [0.05, 0.1) is 11.0 Å². The van der Waals surface area contributed by atoms with Gasteiger partial charge < -0.3 is 10.1 Å². The summed E-state index contributed by atoms with van der Waals surface area (Å²) in [6.07, 6.45) is 1.83. The number of sulfone groups is 1. The van der Waals surface area contributed by atoms with Crippen LogP contribution in [0.2, 0.25) is 0 Å². The van der Waals surface area contributed by atoms with E-state index in [0.29, 0.717) is 13.2 Å². The van der Waals surface area contributed by atoms with E-state index in [4.69, 9.17) is 4.74 Å². The molecule has 1 aliphatic heterocycles. The molecule has 1 aromatic rings. The van der Waals surface area contributed by atoms with Crippen molar-refractivity contribution in [3.8, 4) is 0 Å². The average molecular weight is 319 g/mol. The molecule has 116 valence electrons. The Labute approximate surface area is 121 Å². The maximum absolute atomic E-state index is 12.4. The van der Waals surface area contributed by atoms with Gasteiger partial charge in [-0.25, -0.2) is 8.42 Å². The van der Waals surface area contributed by atoms with E-state index in [2.05, 4.69) is 5.32 Å². The first kappa shape index (κ1) is 15.8. The van der Waals surface area contributed by atoms with E-state index in [1.54, 1.807) is 0 Å². The number of carbonyl (C=O) groups is 1. The molecule has 1 saturated heterocycles. The fourth-order valence-corrected chi connectivity index (χ4v) is 2.73. The predicted molar refractivity (Wildman–Crippen MR) is 70.9 cm³/mol. The first-order valence-electron chi connectivity index (χ1n) is 6.43. The Hall–Kier alpha value is -1.54. The molecule has 0 radical (unpaired) electrons. The Bertz CT molecular complexity index is 595. The number of carbonyl (C=O) groups excluding carboxylic acids is 1. The summed E-state index contributed by atoms with van der Waals surface area (Å²) in [7, 11) is -4.63. The molecular weight excluding hydrogens is 304 g/mol. The van der Waals surface area contributed by atoms with Gasteiger partial charge in [0.1, 0.15) is 0 Å². The van der Waals surface area contributed by atoms with Crippen molar-refractivity contribution in [3.05, 3.63) is 29.8 Å². The van der Waals surface area contributed by atoms with Crippen molar-refractivity contribution in [1.29, 1.82) is 0 Å². The number of rotatable bonds is 5. The molecule has 0 aromatic heterocycles. The molecule has 0 spiro atoms. The lowest BCUT2D eigenvalue weighted by molar-refractivity contribution is 0.0857. The first-order chi connectivity index (χ1) is 9.91. The third kappa shape index (κ3) is 3.76. The molecule has 8 heteroatoms. The first-order valence-corrected chi connectivity index (χ1v) is 7.98. The highest BCUT2D eigenvalue weighted by Gasteiger charge is 2.26. The van der Waals surface area contributed by atoms with Crippen molar-refractivity contribution in [3.63, 3.8) is 0 Å². The van der Waals surface area contributed by atoms with Crippen molar-refractivity contribution in [2.24, 2.45) is 0 Å². The molecule has 5 nitrogen and oxygen atoms in total. The fourth-order valence-electron chi connectivity index (χ4n) is 2.01. The molecule has 1 heterocycles.